The summed E-state index contributed by atoms with van der Waals surface area (Å²) in [5.74, 6) is 0. The first kappa shape index (κ1) is 51.9. The number of benzene rings is 13. The van der Waals surface area contributed by atoms with Crippen molar-refractivity contribution in [3.63, 3.8) is 0 Å². The Morgan fingerprint density at radius 1 is 0.271 bits per heavy atom. The van der Waals surface area contributed by atoms with Crippen LogP contribution < -0.4 is 26.2 Å². The van der Waals surface area contributed by atoms with Gasteiger partial charge < -0.3 is 9.80 Å². The zero-order chi connectivity index (χ0) is 57.6. The van der Waals surface area contributed by atoms with Gasteiger partial charge >= 0.3 is 0 Å². The summed E-state index contributed by atoms with van der Waals surface area (Å²) < 4.78 is 0. The van der Waals surface area contributed by atoms with Crippen molar-refractivity contribution in [3.05, 3.63) is 296 Å². The van der Waals surface area contributed by atoms with E-state index < -0.39 is 0 Å². The molecule has 2 nitrogen and oxygen atoms in total. The summed E-state index contributed by atoms with van der Waals surface area (Å²) in [5, 5.41) is 4.93. The molecule has 0 aromatic heterocycles. The smallest absolute Gasteiger partial charge is 0.252 e. The highest BCUT2D eigenvalue weighted by molar-refractivity contribution is 7.00. The summed E-state index contributed by atoms with van der Waals surface area (Å²) >= 11 is 0. The fourth-order valence-corrected chi connectivity index (χ4v) is 13.7. The molecule has 85 heavy (non-hydrogen) atoms. The van der Waals surface area contributed by atoms with Crippen LogP contribution in [0.4, 0.5) is 34.1 Å². The minimum atomic E-state index is -0.158. The summed E-state index contributed by atoms with van der Waals surface area (Å²) in [5.41, 5.74) is 27.3. The van der Waals surface area contributed by atoms with E-state index >= 15 is 0 Å². The summed E-state index contributed by atoms with van der Waals surface area (Å²) in [6.45, 7) is 13.9. The molecular weight excluding hydrogens is 1020 g/mol. The molecule has 15 rings (SSSR count). The van der Waals surface area contributed by atoms with Crippen LogP contribution in [0.25, 0.3) is 88.3 Å². The molecule has 0 radical (unpaired) electrons. The Hall–Kier alpha value is -9.96. The fraction of sp³-hybridized carbons (Fsp3) is 0.0976. The Labute approximate surface area is 501 Å². The highest BCUT2D eigenvalue weighted by Crippen LogP contribution is 2.55. The average molecular weight is 1090 g/mol. The maximum absolute atomic E-state index is 2.68. The van der Waals surface area contributed by atoms with E-state index in [1.807, 2.05) is 0 Å². The normalized spacial score (nSPS) is 12.8. The molecule has 2 aliphatic heterocycles. The Kier molecular flexibility index (Phi) is 12.5. The lowest BCUT2D eigenvalue weighted by Gasteiger charge is -2.46. The Bertz CT molecular complexity index is 4540. The lowest BCUT2D eigenvalue weighted by atomic mass is 9.33. The summed E-state index contributed by atoms with van der Waals surface area (Å²) in [4.78, 5) is 5.33. The van der Waals surface area contributed by atoms with Crippen molar-refractivity contribution in [3.8, 4) is 66.8 Å². The van der Waals surface area contributed by atoms with Crippen LogP contribution >= 0.6 is 0 Å². The number of hydrogen-bond acceptors (Lipinski definition) is 2. The Morgan fingerprint density at radius 3 is 1.09 bits per heavy atom. The van der Waals surface area contributed by atoms with Crippen molar-refractivity contribution in [2.45, 2.75) is 52.4 Å². The van der Waals surface area contributed by atoms with Crippen LogP contribution in [0.3, 0.4) is 0 Å². The SMILES string of the molecule is CC(C)(C)c1cc(-c2ccccc2)c(N2c3ccc(-c4ccccc4)cc3B3c4ccc(-c5c6ccccc6cc6ccccc56)cc4N(c4c(-c5ccccc5)cc(C(C)(C)C)cc4-c4ccccc4)c4cccc2c43)c(-c2ccccc2)c1. The molecule has 13 aromatic rings. The first-order valence-electron chi connectivity index (χ1n) is 30.0. The topological polar surface area (TPSA) is 6.48 Å². The quantitative estimate of drug-likeness (QED) is 0.111. The van der Waals surface area contributed by atoms with Gasteiger partial charge in [0.25, 0.3) is 6.71 Å². The number of anilines is 6. The first-order chi connectivity index (χ1) is 41.5. The molecule has 0 fully saturated rings. The summed E-state index contributed by atoms with van der Waals surface area (Å²) in [7, 11) is 0. The molecule has 0 unspecified atom stereocenters. The van der Waals surface area contributed by atoms with Gasteiger partial charge in [-0.1, -0.05) is 272 Å². The van der Waals surface area contributed by atoms with Gasteiger partial charge in [-0.3, -0.25) is 0 Å². The molecule has 0 aliphatic carbocycles. The fourth-order valence-electron chi connectivity index (χ4n) is 13.7. The Morgan fingerprint density at radius 2 is 0.659 bits per heavy atom. The zero-order valence-electron chi connectivity index (χ0n) is 49.1. The third kappa shape index (κ3) is 8.88. The van der Waals surface area contributed by atoms with Crippen LogP contribution in [-0.2, 0) is 10.8 Å². The van der Waals surface area contributed by atoms with E-state index in [9.17, 15) is 0 Å². The lowest BCUT2D eigenvalue weighted by Crippen LogP contribution is -2.61. The molecule has 2 aliphatic rings. The van der Waals surface area contributed by atoms with E-state index in [-0.39, 0.29) is 17.5 Å². The van der Waals surface area contributed by atoms with Crippen molar-refractivity contribution in [2.75, 3.05) is 9.80 Å². The number of rotatable bonds is 8. The molecule has 0 N–H and O–H groups in total. The number of fused-ring (bicyclic) bond motifs is 6. The molecule has 0 spiro atoms. The van der Waals surface area contributed by atoms with Crippen molar-refractivity contribution >= 4 is 78.8 Å². The minimum absolute atomic E-state index is 0.135. The molecule has 0 bridgehead atoms. The molecule has 0 saturated heterocycles. The molecule has 13 aromatic carbocycles. The van der Waals surface area contributed by atoms with Crippen LogP contribution in [0.15, 0.2) is 285 Å². The van der Waals surface area contributed by atoms with Crippen molar-refractivity contribution < 1.29 is 0 Å². The van der Waals surface area contributed by atoms with Crippen molar-refractivity contribution in [2.24, 2.45) is 0 Å². The molecule has 0 saturated carbocycles. The van der Waals surface area contributed by atoms with Crippen LogP contribution in [-0.4, -0.2) is 6.71 Å². The van der Waals surface area contributed by atoms with Gasteiger partial charge in [-0.15, -0.1) is 0 Å². The van der Waals surface area contributed by atoms with Gasteiger partial charge in [0.1, 0.15) is 0 Å². The van der Waals surface area contributed by atoms with Gasteiger partial charge in [0, 0.05) is 45.0 Å². The zero-order valence-corrected chi connectivity index (χ0v) is 49.1. The largest absolute Gasteiger partial charge is 0.310 e. The minimum Gasteiger partial charge on any atom is -0.310 e. The maximum atomic E-state index is 2.68. The van der Waals surface area contributed by atoms with Gasteiger partial charge in [-0.25, -0.2) is 0 Å². The standard InChI is InChI=1S/C82H65BN2/c1-81(2,3)63-50-67(55-29-14-8-15-30-55)79(68(51-63)56-31-16-9-17-32-56)84-73-46-44-59(54-27-12-7-13-28-54)48-72(73)83-71-45-43-62(77-65-39-24-22-37-60(65)47-61-38-23-25-40-66(61)77)49-76(71)85(75-42-26-41-74(84)78(75)83)80-69(57-33-18-10-19-34-57)52-64(82(4,5)6)53-70(80)58-35-20-11-21-36-58/h7-53H,1-6H3. The van der Waals surface area contributed by atoms with Gasteiger partial charge in [0.15, 0.2) is 0 Å². The average Bonchev–Trinajstić information content (AvgIpc) is 0.980. The lowest BCUT2D eigenvalue weighted by molar-refractivity contribution is 0.590. The number of hydrogen-bond donors (Lipinski definition) is 0. The molecule has 406 valence electrons. The predicted molar refractivity (Wildman–Crippen MR) is 365 cm³/mol. The second-order valence-electron chi connectivity index (χ2n) is 25.2. The maximum Gasteiger partial charge on any atom is 0.252 e. The highest BCUT2D eigenvalue weighted by Gasteiger charge is 2.45. The predicted octanol–water partition coefficient (Wildman–Crippen LogP) is 20.7. The van der Waals surface area contributed by atoms with E-state index in [1.54, 1.807) is 0 Å². The van der Waals surface area contributed by atoms with E-state index in [0.29, 0.717) is 0 Å². The Balaban J connectivity index is 1.12. The highest BCUT2D eigenvalue weighted by atomic mass is 15.2. The number of nitrogens with zero attached hydrogens (tertiary/aromatic N) is 2. The third-order valence-electron chi connectivity index (χ3n) is 17.9. The van der Waals surface area contributed by atoms with Crippen LogP contribution in [0.5, 0.6) is 0 Å². The first-order valence-corrected chi connectivity index (χ1v) is 30.0. The van der Waals surface area contributed by atoms with E-state index in [2.05, 4.69) is 336 Å². The third-order valence-corrected chi connectivity index (χ3v) is 17.9. The molecule has 0 amide bonds. The summed E-state index contributed by atoms with van der Waals surface area (Å²) in [6.07, 6.45) is 0. The van der Waals surface area contributed by atoms with Crippen LogP contribution in [0, 0.1) is 0 Å². The van der Waals surface area contributed by atoms with Gasteiger partial charge in [-0.05, 0) is 159 Å². The second-order valence-corrected chi connectivity index (χ2v) is 25.2. The molecular formula is C82H65BN2. The van der Waals surface area contributed by atoms with Crippen LogP contribution in [0.1, 0.15) is 52.7 Å². The molecule has 3 heteroatoms. The van der Waals surface area contributed by atoms with E-state index in [0.717, 1.165) is 28.4 Å². The van der Waals surface area contributed by atoms with Crippen molar-refractivity contribution in [1.82, 2.24) is 0 Å². The van der Waals surface area contributed by atoms with Gasteiger partial charge in [0.2, 0.25) is 0 Å². The second kappa shape index (κ2) is 20.4. The van der Waals surface area contributed by atoms with Gasteiger partial charge in [0.05, 0.1) is 11.4 Å². The van der Waals surface area contributed by atoms with E-state index in [4.69, 9.17) is 0 Å². The monoisotopic (exact) mass is 1090 g/mol. The van der Waals surface area contributed by atoms with E-state index in [1.165, 1.54) is 122 Å². The van der Waals surface area contributed by atoms with Crippen molar-refractivity contribution in [1.29, 1.82) is 0 Å². The molecule has 2 heterocycles. The molecule has 0 atom stereocenters. The van der Waals surface area contributed by atoms with Gasteiger partial charge in [-0.2, -0.15) is 0 Å². The van der Waals surface area contributed by atoms with Crippen LogP contribution in [0.2, 0.25) is 0 Å². The summed E-state index contributed by atoms with van der Waals surface area (Å²) in [6, 6.07) is 107.